The minimum atomic E-state index is -1.06. The largest absolute Gasteiger partial charge is 0.388 e. The molecule has 78 valence electrons. The molecule has 0 amide bonds. The van der Waals surface area contributed by atoms with Crippen LogP contribution in [0.2, 0.25) is 0 Å². The van der Waals surface area contributed by atoms with Crippen molar-refractivity contribution < 1.29 is 19.7 Å². The van der Waals surface area contributed by atoms with Crippen LogP contribution in [0, 0.1) is 0 Å². The van der Waals surface area contributed by atoms with Crippen molar-refractivity contribution in [2.45, 2.75) is 30.6 Å². The third-order valence-corrected chi connectivity index (χ3v) is 2.21. The van der Waals surface area contributed by atoms with Crippen LogP contribution in [0.15, 0.2) is 0 Å². The maximum absolute atomic E-state index is 9.46. The number of rotatable bonds is 2. The highest BCUT2D eigenvalue weighted by Crippen LogP contribution is 2.19. The molecule has 0 spiro atoms. The van der Waals surface area contributed by atoms with Crippen molar-refractivity contribution in [2.75, 3.05) is 13.7 Å². The van der Waals surface area contributed by atoms with Crippen LogP contribution in [0.4, 0.5) is 0 Å². The molecule has 5 atom stereocenters. The van der Waals surface area contributed by atoms with Crippen molar-refractivity contribution in [1.29, 1.82) is 0 Å². The highest BCUT2D eigenvalue weighted by molar-refractivity contribution is 4.91. The third kappa shape index (κ3) is 1.98. The Labute approximate surface area is 76.4 Å². The van der Waals surface area contributed by atoms with Crippen molar-refractivity contribution in [1.82, 2.24) is 0 Å². The molecule has 6 heteroatoms. The SMILES string of the molecule is CO[C@H]1O[C@@H](CN)[C@@H](O)[C@H](O)[C@H]1N. The molecule has 1 fully saturated rings. The van der Waals surface area contributed by atoms with E-state index in [4.69, 9.17) is 20.9 Å². The van der Waals surface area contributed by atoms with Gasteiger partial charge in [-0.15, -0.1) is 0 Å². The van der Waals surface area contributed by atoms with Gasteiger partial charge in [0.15, 0.2) is 6.29 Å². The van der Waals surface area contributed by atoms with E-state index in [1.165, 1.54) is 7.11 Å². The van der Waals surface area contributed by atoms with E-state index in [0.29, 0.717) is 0 Å². The standard InChI is InChI=1S/C7H16N2O4/c1-12-7-4(9)6(11)5(10)3(2-8)13-7/h3-7,10-11H,2,8-9H2,1H3/t3-,4+,5+,6+,7-/m0/s1. The molecule has 0 unspecified atom stereocenters. The van der Waals surface area contributed by atoms with Crippen LogP contribution in [-0.2, 0) is 9.47 Å². The van der Waals surface area contributed by atoms with Gasteiger partial charge in [0.2, 0.25) is 0 Å². The molecular weight excluding hydrogens is 176 g/mol. The van der Waals surface area contributed by atoms with E-state index in [0.717, 1.165) is 0 Å². The lowest BCUT2D eigenvalue weighted by Gasteiger charge is -2.40. The van der Waals surface area contributed by atoms with Gasteiger partial charge >= 0.3 is 0 Å². The summed E-state index contributed by atoms with van der Waals surface area (Å²) < 4.78 is 10.1. The summed E-state index contributed by atoms with van der Waals surface area (Å²) in [4.78, 5) is 0. The topological polar surface area (TPSA) is 111 Å². The fraction of sp³-hybridized carbons (Fsp3) is 1.00. The van der Waals surface area contributed by atoms with Gasteiger partial charge in [0.1, 0.15) is 18.3 Å². The lowest BCUT2D eigenvalue weighted by atomic mass is 9.97. The summed E-state index contributed by atoms with van der Waals surface area (Å²) in [5.74, 6) is 0. The van der Waals surface area contributed by atoms with Crippen LogP contribution >= 0.6 is 0 Å². The summed E-state index contributed by atoms with van der Waals surface area (Å²) in [5, 5.41) is 18.9. The minimum Gasteiger partial charge on any atom is -0.388 e. The molecule has 0 bridgehead atoms. The number of methoxy groups -OCH3 is 1. The predicted octanol–water partition coefficient (Wildman–Crippen LogP) is -2.63. The van der Waals surface area contributed by atoms with Gasteiger partial charge in [-0.2, -0.15) is 0 Å². The number of ether oxygens (including phenoxy) is 2. The number of hydrogen-bond acceptors (Lipinski definition) is 6. The Morgan fingerprint density at radius 3 is 2.46 bits per heavy atom. The average molecular weight is 192 g/mol. The molecular formula is C7H16N2O4. The zero-order chi connectivity index (χ0) is 10.0. The summed E-state index contributed by atoms with van der Waals surface area (Å²) in [6.45, 7) is 0.116. The maximum atomic E-state index is 9.46. The predicted molar refractivity (Wildman–Crippen MR) is 44.7 cm³/mol. The number of aliphatic hydroxyl groups excluding tert-OH is 2. The van der Waals surface area contributed by atoms with Crippen molar-refractivity contribution in [3.8, 4) is 0 Å². The van der Waals surface area contributed by atoms with E-state index in [2.05, 4.69) is 0 Å². The molecule has 0 aromatic rings. The van der Waals surface area contributed by atoms with Crippen molar-refractivity contribution in [3.05, 3.63) is 0 Å². The zero-order valence-corrected chi connectivity index (χ0v) is 7.46. The molecule has 0 radical (unpaired) electrons. The molecule has 0 aromatic carbocycles. The molecule has 0 saturated carbocycles. The lowest BCUT2D eigenvalue weighted by Crippen LogP contribution is -2.62. The molecule has 1 heterocycles. The van der Waals surface area contributed by atoms with Gasteiger partial charge in [-0.25, -0.2) is 0 Å². The Balaban J connectivity index is 2.66. The van der Waals surface area contributed by atoms with Crippen LogP contribution in [-0.4, -0.2) is 54.5 Å². The summed E-state index contributed by atoms with van der Waals surface area (Å²) >= 11 is 0. The Bertz CT molecular complexity index is 149. The Morgan fingerprint density at radius 1 is 1.38 bits per heavy atom. The molecule has 0 aromatic heterocycles. The van der Waals surface area contributed by atoms with Gasteiger partial charge in [-0.3, -0.25) is 0 Å². The van der Waals surface area contributed by atoms with Crippen LogP contribution < -0.4 is 11.5 Å². The summed E-state index contributed by atoms with van der Waals surface area (Å²) in [6.07, 6.45) is -3.45. The zero-order valence-electron chi connectivity index (χ0n) is 7.46. The van der Waals surface area contributed by atoms with E-state index >= 15 is 0 Å². The van der Waals surface area contributed by atoms with E-state index in [1.54, 1.807) is 0 Å². The molecule has 1 rings (SSSR count). The van der Waals surface area contributed by atoms with Crippen LogP contribution in [0.5, 0.6) is 0 Å². The Kier molecular flexibility index (Phi) is 3.60. The van der Waals surface area contributed by atoms with Crippen LogP contribution in [0.1, 0.15) is 0 Å². The molecule has 1 aliphatic heterocycles. The van der Waals surface area contributed by atoms with Crippen molar-refractivity contribution in [3.63, 3.8) is 0 Å². The first-order valence-electron chi connectivity index (χ1n) is 4.11. The van der Waals surface area contributed by atoms with Crippen molar-refractivity contribution in [2.24, 2.45) is 11.5 Å². The van der Waals surface area contributed by atoms with Crippen LogP contribution in [0.25, 0.3) is 0 Å². The second-order valence-electron chi connectivity index (χ2n) is 3.07. The van der Waals surface area contributed by atoms with Crippen molar-refractivity contribution >= 4 is 0 Å². The van der Waals surface area contributed by atoms with E-state index in [1.807, 2.05) is 0 Å². The fourth-order valence-electron chi connectivity index (χ4n) is 1.36. The molecule has 13 heavy (non-hydrogen) atoms. The van der Waals surface area contributed by atoms with Gasteiger partial charge in [0, 0.05) is 13.7 Å². The number of hydrogen-bond donors (Lipinski definition) is 4. The highest BCUT2D eigenvalue weighted by atomic mass is 16.7. The monoisotopic (exact) mass is 192 g/mol. The van der Waals surface area contributed by atoms with E-state index in [-0.39, 0.29) is 6.54 Å². The Hall–Kier alpha value is -0.240. The lowest BCUT2D eigenvalue weighted by molar-refractivity contribution is -0.248. The first-order valence-corrected chi connectivity index (χ1v) is 4.11. The fourth-order valence-corrected chi connectivity index (χ4v) is 1.36. The van der Waals surface area contributed by atoms with Gasteiger partial charge in [-0.1, -0.05) is 0 Å². The first kappa shape index (κ1) is 10.8. The second-order valence-corrected chi connectivity index (χ2v) is 3.07. The van der Waals surface area contributed by atoms with Gasteiger partial charge < -0.3 is 31.2 Å². The minimum absolute atomic E-state index is 0.116. The average Bonchev–Trinajstić information content (AvgIpc) is 2.15. The molecule has 6 N–H and O–H groups in total. The summed E-state index contributed by atoms with van der Waals surface area (Å²) in [5.41, 5.74) is 10.9. The van der Waals surface area contributed by atoms with Gasteiger partial charge in [-0.05, 0) is 0 Å². The third-order valence-electron chi connectivity index (χ3n) is 2.21. The molecule has 1 aliphatic rings. The quantitative estimate of drug-likeness (QED) is 0.381. The maximum Gasteiger partial charge on any atom is 0.175 e. The smallest absolute Gasteiger partial charge is 0.175 e. The van der Waals surface area contributed by atoms with Crippen LogP contribution in [0.3, 0.4) is 0 Å². The van der Waals surface area contributed by atoms with Gasteiger partial charge in [0.05, 0.1) is 6.04 Å². The summed E-state index contributed by atoms with van der Waals surface area (Å²) in [6, 6.07) is -0.747. The first-order chi connectivity index (χ1) is 6.11. The Morgan fingerprint density at radius 2 is 2.00 bits per heavy atom. The van der Waals surface area contributed by atoms with Gasteiger partial charge in [0.25, 0.3) is 0 Å². The van der Waals surface area contributed by atoms with E-state index in [9.17, 15) is 10.2 Å². The number of aliphatic hydroxyl groups is 2. The highest BCUT2D eigenvalue weighted by Gasteiger charge is 2.42. The molecule has 0 aliphatic carbocycles. The van der Waals surface area contributed by atoms with E-state index < -0.39 is 30.6 Å². The molecule has 6 nitrogen and oxygen atoms in total. The second kappa shape index (κ2) is 4.32. The molecule has 1 saturated heterocycles. The number of nitrogens with two attached hydrogens (primary N) is 2. The summed E-state index contributed by atoms with van der Waals surface area (Å²) in [7, 11) is 1.42. The normalized spacial score (nSPS) is 46.4.